The standard InChI is InChI=1S/C9H10O2.2CH4O3S/c1-6-3-4-8(9(10)11)7(2)5-6;2*1-5(2,3)4/h3-5H,1-2H3,(H,10,11);2*1H3,(H,2,3,4). The zero-order valence-corrected chi connectivity index (χ0v) is 13.6. The molecule has 1 aromatic rings. The van der Waals surface area contributed by atoms with E-state index in [-0.39, 0.29) is 0 Å². The monoisotopic (exact) mass is 342 g/mol. The van der Waals surface area contributed by atoms with Crippen LogP contribution in [-0.4, -0.2) is 49.5 Å². The fraction of sp³-hybridized carbons (Fsp3) is 0.364. The van der Waals surface area contributed by atoms with Crippen LogP contribution >= 0.6 is 0 Å². The van der Waals surface area contributed by atoms with E-state index in [4.69, 9.17) is 14.2 Å². The third kappa shape index (κ3) is 21.0. The molecule has 0 bridgehead atoms. The molecule has 0 fully saturated rings. The molecule has 10 heteroatoms. The second-order valence-corrected chi connectivity index (χ2v) is 7.02. The lowest BCUT2D eigenvalue weighted by atomic mass is 10.1. The molecule has 0 unspecified atom stereocenters. The van der Waals surface area contributed by atoms with Crippen LogP contribution in [0.25, 0.3) is 0 Å². The Labute approximate surface area is 123 Å². The summed E-state index contributed by atoms with van der Waals surface area (Å²) in [4.78, 5) is 10.5. The fourth-order valence-corrected chi connectivity index (χ4v) is 1.05. The van der Waals surface area contributed by atoms with Crippen LogP contribution in [0, 0.1) is 13.8 Å². The normalized spacial score (nSPS) is 10.6. The summed E-state index contributed by atoms with van der Waals surface area (Å²) in [5, 5.41) is 8.66. The van der Waals surface area contributed by atoms with E-state index < -0.39 is 26.2 Å². The molecule has 0 saturated carbocycles. The molecule has 0 aliphatic heterocycles. The number of aryl methyl sites for hydroxylation is 2. The van der Waals surface area contributed by atoms with Gasteiger partial charge < -0.3 is 5.11 Å². The minimum absolute atomic E-state index is 0.385. The molecule has 0 amide bonds. The van der Waals surface area contributed by atoms with Crippen molar-refractivity contribution >= 4 is 26.2 Å². The van der Waals surface area contributed by atoms with E-state index in [1.165, 1.54) is 0 Å². The van der Waals surface area contributed by atoms with Crippen molar-refractivity contribution in [3.8, 4) is 0 Å². The molecular weight excluding hydrogens is 324 g/mol. The number of carbonyl (C=O) groups is 1. The van der Waals surface area contributed by atoms with Crippen LogP contribution in [0.15, 0.2) is 18.2 Å². The van der Waals surface area contributed by atoms with E-state index in [0.717, 1.165) is 11.1 Å². The second kappa shape index (κ2) is 8.72. The molecule has 0 heterocycles. The predicted octanol–water partition coefficient (Wildman–Crippen LogP) is 1.01. The van der Waals surface area contributed by atoms with Crippen molar-refractivity contribution < 1.29 is 35.8 Å². The van der Waals surface area contributed by atoms with Gasteiger partial charge in [0.15, 0.2) is 0 Å². The molecule has 122 valence electrons. The first-order chi connectivity index (χ1) is 9.11. The van der Waals surface area contributed by atoms with Gasteiger partial charge in [0, 0.05) is 0 Å². The lowest BCUT2D eigenvalue weighted by Crippen LogP contribution is -1.99. The Morgan fingerprint density at radius 1 is 0.952 bits per heavy atom. The van der Waals surface area contributed by atoms with Gasteiger partial charge in [-0.1, -0.05) is 17.7 Å². The summed E-state index contributed by atoms with van der Waals surface area (Å²) in [6, 6.07) is 5.30. The highest BCUT2D eigenvalue weighted by Gasteiger charge is 2.04. The van der Waals surface area contributed by atoms with Crippen molar-refractivity contribution in [3.05, 3.63) is 34.9 Å². The maximum absolute atomic E-state index is 10.5. The van der Waals surface area contributed by atoms with E-state index in [2.05, 4.69) is 0 Å². The molecule has 0 atom stereocenters. The summed E-state index contributed by atoms with van der Waals surface area (Å²) >= 11 is 0. The first-order valence-electron chi connectivity index (χ1n) is 5.26. The Morgan fingerprint density at radius 3 is 1.52 bits per heavy atom. The van der Waals surface area contributed by atoms with Crippen molar-refractivity contribution in [2.75, 3.05) is 12.5 Å². The van der Waals surface area contributed by atoms with Gasteiger partial charge >= 0.3 is 5.97 Å². The maximum atomic E-state index is 10.5. The van der Waals surface area contributed by atoms with E-state index >= 15 is 0 Å². The number of carboxylic acid groups (broad SMARTS) is 1. The van der Waals surface area contributed by atoms with E-state index in [1.807, 2.05) is 13.0 Å². The second-order valence-electron chi connectivity index (χ2n) is 4.09. The van der Waals surface area contributed by atoms with Crippen molar-refractivity contribution in [1.82, 2.24) is 0 Å². The number of hydrogen-bond donors (Lipinski definition) is 3. The maximum Gasteiger partial charge on any atom is 0.335 e. The predicted molar refractivity (Wildman–Crippen MR) is 77.8 cm³/mol. The van der Waals surface area contributed by atoms with Crippen molar-refractivity contribution in [2.24, 2.45) is 0 Å². The van der Waals surface area contributed by atoms with E-state index in [1.54, 1.807) is 19.1 Å². The molecule has 0 aromatic heterocycles. The van der Waals surface area contributed by atoms with Gasteiger partial charge in [-0.15, -0.1) is 0 Å². The lowest BCUT2D eigenvalue weighted by molar-refractivity contribution is 0.0696. The zero-order chi connectivity index (χ0) is 17.4. The van der Waals surface area contributed by atoms with Crippen molar-refractivity contribution in [2.45, 2.75) is 13.8 Å². The minimum atomic E-state index is -3.67. The van der Waals surface area contributed by atoms with Crippen LogP contribution in [0.1, 0.15) is 21.5 Å². The number of hydrogen-bond acceptors (Lipinski definition) is 5. The summed E-state index contributed by atoms with van der Waals surface area (Å²) in [5.74, 6) is -0.859. The highest BCUT2D eigenvalue weighted by Crippen LogP contribution is 2.09. The molecule has 1 rings (SSSR count). The molecule has 21 heavy (non-hydrogen) atoms. The summed E-state index contributed by atoms with van der Waals surface area (Å²) in [6.07, 6.45) is 1.43. The van der Waals surface area contributed by atoms with Gasteiger partial charge in [0.25, 0.3) is 20.2 Å². The van der Waals surface area contributed by atoms with Gasteiger partial charge in [-0.05, 0) is 25.5 Å². The summed E-state index contributed by atoms with van der Waals surface area (Å²) in [7, 11) is -7.33. The van der Waals surface area contributed by atoms with Crippen LogP contribution < -0.4 is 0 Å². The van der Waals surface area contributed by atoms with E-state index in [9.17, 15) is 21.6 Å². The number of benzene rings is 1. The Kier molecular flexibility index (Phi) is 9.05. The highest BCUT2D eigenvalue weighted by atomic mass is 32.2. The molecule has 0 aliphatic rings. The number of rotatable bonds is 1. The van der Waals surface area contributed by atoms with Gasteiger partial charge in [0.05, 0.1) is 18.1 Å². The van der Waals surface area contributed by atoms with Gasteiger partial charge in [0.1, 0.15) is 0 Å². The first-order valence-corrected chi connectivity index (χ1v) is 8.96. The van der Waals surface area contributed by atoms with Crippen LogP contribution in [0.5, 0.6) is 0 Å². The largest absolute Gasteiger partial charge is 0.478 e. The van der Waals surface area contributed by atoms with Crippen molar-refractivity contribution in [3.63, 3.8) is 0 Å². The molecular formula is C11H18O8S2. The first kappa shape index (κ1) is 21.8. The molecule has 0 aliphatic carbocycles. The molecule has 0 radical (unpaired) electrons. The van der Waals surface area contributed by atoms with Crippen LogP contribution in [0.3, 0.4) is 0 Å². The fourth-order valence-electron chi connectivity index (χ4n) is 1.05. The molecule has 3 N–H and O–H groups in total. The van der Waals surface area contributed by atoms with Gasteiger partial charge in [0.2, 0.25) is 0 Å². The van der Waals surface area contributed by atoms with Crippen LogP contribution in [0.2, 0.25) is 0 Å². The Bertz CT molecular complexity index is 628. The van der Waals surface area contributed by atoms with Crippen LogP contribution in [-0.2, 0) is 20.2 Å². The Hall–Kier alpha value is -1.49. The smallest absolute Gasteiger partial charge is 0.335 e. The molecule has 0 spiro atoms. The highest BCUT2D eigenvalue weighted by molar-refractivity contribution is 7.85. The third-order valence-electron chi connectivity index (χ3n) is 1.61. The number of aromatic carboxylic acids is 1. The molecule has 8 nitrogen and oxygen atoms in total. The van der Waals surface area contributed by atoms with Gasteiger partial charge in [-0.3, -0.25) is 9.11 Å². The van der Waals surface area contributed by atoms with Crippen molar-refractivity contribution in [1.29, 1.82) is 0 Å². The SMILES string of the molecule is CS(=O)(=O)O.CS(=O)(=O)O.Cc1ccc(C(=O)O)c(C)c1. The lowest BCUT2D eigenvalue weighted by Gasteiger charge is -2.00. The topological polar surface area (TPSA) is 146 Å². The average molecular weight is 342 g/mol. The summed E-state index contributed by atoms with van der Waals surface area (Å²) < 4.78 is 51.7. The van der Waals surface area contributed by atoms with Gasteiger partial charge in [-0.2, -0.15) is 16.8 Å². The average Bonchev–Trinajstić information content (AvgIpc) is 2.10. The zero-order valence-electron chi connectivity index (χ0n) is 11.9. The third-order valence-corrected chi connectivity index (χ3v) is 1.61. The van der Waals surface area contributed by atoms with E-state index in [0.29, 0.717) is 18.1 Å². The quantitative estimate of drug-likeness (QED) is 0.641. The molecule has 1 aromatic carbocycles. The van der Waals surface area contributed by atoms with Crippen LogP contribution in [0.4, 0.5) is 0 Å². The Balaban J connectivity index is 0. The number of carboxylic acids is 1. The molecule has 0 saturated heterocycles. The van der Waals surface area contributed by atoms with Gasteiger partial charge in [-0.25, -0.2) is 4.79 Å². The minimum Gasteiger partial charge on any atom is -0.478 e. The Morgan fingerprint density at radius 2 is 1.29 bits per heavy atom. The summed E-state index contributed by atoms with van der Waals surface area (Å²) in [5.41, 5.74) is 2.29. The summed E-state index contributed by atoms with van der Waals surface area (Å²) in [6.45, 7) is 3.75.